The molecule has 3 N–H and O–H groups in total. The topological polar surface area (TPSA) is 110 Å². The monoisotopic (exact) mass is 263 g/mol. The van der Waals surface area contributed by atoms with Crippen molar-refractivity contribution in [3.63, 3.8) is 0 Å². The van der Waals surface area contributed by atoms with Gasteiger partial charge in [0.25, 0.3) is 5.89 Å². The molecular formula is C11H17N7O. The van der Waals surface area contributed by atoms with Gasteiger partial charge in [-0.2, -0.15) is 20.4 Å². The number of hydrogen-bond acceptors (Lipinski definition) is 7. The highest BCUT2D eigenvalue weighted by Gasteiger charge is 2.20. The van der Waals surface area contributed by atoms with E-state index in [1.54, 1.807) is 0 Å². The zero-order valence-electron chi connectivity index (χ0n) is 10.6. The molecular weight excluding hydrogens is 246 g/mol. The van der Waals surface area contributed by atoms with E-state index in [0.717, 1.165) is 19.6 Å². The number of nitrogens with one attached hydrogen (secondary N) is 1. The molecule has 3 heterocycles. The average Bonchev–Trinajstić information content (AvgIpc) is 3.11. The third-order valence-corrected chi connectivity index (χ3v) is 3.31. The summed E-state index contributed by atoms with van der Waals surface area (Å²) >= 11 is 0. The van der Waals surface area contributed by atoms with E-state index in [9.17, 15) is 0 Å². The number of aromatic nitrogens is 5. The molecule has 3 rings (SSSR count). The fourth-order valence-corrected chi connectivity index (χ4v) is 2.30. The van der Waals surface area contributed by atoms with Gasteiger partial charge in [-0.15, -0.1) is 0 Å². The largest absolute Gasteiger partial charge is 0.332 e. The minimum absolute atomic E-state index is 0.234. The molecule has 1 atom stereocenters. The highest BCUT2D eigenvalue weighted by molar-refractivity contribution is 5.42. The Bertz CT molecular complexity index is 503. The van der Waals surface area contributed by atoms with Gasteiger partial charge in [0.2, 0.25) is 0 Å². The highest BCUT2D eigenvalue weighted by Crippen LogP contribution is 2.17. The first-order valence-corrected chi connectivity index (χ1v) is 6.50. The molecule has 1 aliphatic rings. The van der Waals surface area contributed by atoms with Crippen LogP contribution in [-0.2, 0) is 0 Å². The van der Waals surface area contributed by atoms with Gasteiger partial charge in [-0.25, -0.2) is 0 Å². The minimum Gasteiger partial charge on any atom is -0.332 e. The summed E-state index contributed by atoms with van der Waals surface area (Å²) in [6, 6.07) is -0.234. The molecule has 1 unspecified atom stereocenters. The van der Waals surface area contributed by atoms with Crippen molar-refractivity contribution in [1.82, 2.24) is 30.5 Å². The maximum absolute atomic E-state index is 6.12. The van der Waals surface area contributed by atoms with Crippen molar-refractivity contribution in [3.05, 3.63) is 12.0 Å². The molecule has 102 valence electrons. The Hall–Kier alpha value is -1.80. The van der Waals surface area contributed by atoms with Crippen molar-refractivity contribution >= 4 is 0 Å². The first-order valence-electron chi connectivity index (χ1n) is 6.50. The molecule has 0 radical (unpaired) electrons. The Morgan fingerprint density at radius 2 is 2.21 bits per heavy atom. The number of H-pyrrole nitrogens is 1. The van der Waals surface area contributed by atoms with Crippen LogP contribution in [-0.4, -0.2) is 50.1 Å². The average molecular weight is 263 g/mol. The SMILES string of the molecule is NC(CN1CCCCC1)c1noc(-c2cn[nH]n2)n1. The third-order valence-electron chi connectivity index (χ3n) is 3.31. The molecule has 0 spiro atoms. The van der Waals surface area contributed by atoms with Gasteiger partial charge in [0, 0.05) is 6.54 Å². The first-order chi connectivity index (χ1) is 9.33. The second-order valence-electron chi connectivity index (χ2n) is 4.78. The van der Waals surface area contributed by atoms with Crippen molar-refractivity contribution in [2.45, 2.75) is 25.3 Å². The number of piperidine rings is 1. The van der Waals surface area contributed by atoms with E-state index in [0.29, 0.717) is 17.4 Å². The fraction of sp³-hybridized carbons (Fsp3) is 0.636. The number of hydrogen-bond donors (Lipinski definition) is 2. The van der Waals surface area contributed by atoms with Crippen LogP contribution in [0.15, 0.2) is 10.7 Å². The molecule has 1 saturated heterocycles. The van der Waals surface area contributed by atoms with Gasteiger partial charge in [-0.05, 0) is 25.9 Å². The summed E-state index contributed by atoms with van der Waals surface area (Å²) in [5.74, 6) is 0.862. The predicted molar refractivity (Wildman–Crippen MR) is 66.9 cm³/mol. The molecule has 2 aromatic rings. The fourth-order valence-electron chi connectivity index (χ4n) is 2.30. The van der Waals surface area contributed by atoms with E-state index < -0.39 is 0 Å². The summed E-state index contributed by atoms with van der Waals surface area (Å²) in [6.07, 6.45) is 5.32. The number of likely N-dealkylation sites (tertiary alicyclic amines) is 1. The van der Waals surface area contributed by atoms with Gasteiger partial charge in [0.05, 0.1) is 12.2 Å². The molecule has 1 aliphatic heterocycles. The van der Waals surface area contributed by atoms with E-state index >= 15 is 0 Å². The van der Waals surface area contributed by atoms with Crippen LogP contribution in [0.3, 0.4) is 0 Å². The standard InChI is InChI=1S/C11H17N7O/c12-8(7-18-4-2-1-3-5-18)10-14-11(19-16-10)9-6-13-17-15-9/h6,8H,1-5,7,12H2,(H,13,15,17). The van der Waals surface area contributed by atoms with Gasteiger partial charge in [-0.1, -0.05) is 11.6 Å². The van der Waals surface area contributed by atoms with Crippen molar-refractivity contribution in [1.29, 1.82) is 0 Å². The predicted octanol–water partition coefficient (Wildman–Crippen LogP) is 0.340. The van der Waals surface area contributed by atoms with Gasteiger partial charge >= 0.3 is 0 Å². The lowest BCUT2D eigenvalue weighted by Gasteiger charge is -2.27. The maximum atomic E-state index is 6.12. The molecule has 0 aromatic carbocycles. The Labute approximate surface area is 110 Å². The number of nitrogens with two attached hydrogens (primary N) is 1. The van der Waals surface area contributed by atoms with Gasteiger partial charge < -0.3 is 15.2 Å². The third kappa shape index (κ3) is 2.79. The second-order valence-corrected chi connectivity index (χ2v) is 4.78. The molecule has 8 heteroatoms. The summed E-state index contributed by atoms with van der Waals surface area (Å²) < 4.78 is 5.14. The number of aromatic amines is 1. The van der Waals surface area contributed by atoms with Crippen LogP contribution in [0.25, 0.3) is 11.6 Å². The van der Waals surface area contributed by atoms with Crippen molar-refractivity contribution in [2.24, 2.45) is 5.73 Å². The van der Waals surface area contributed by atoms with Gasteiger partial charge in [-0.3, -0.25) is 0 Å². The highest BCUT2D eigenvalue weighted by atomic mass is 16.5. The Morgan fingerprint density at radius 1 is 1.37 bits per heavy atom. The zero-order valence-corrected chi connectivity index (χ0v) is 10.6. The normalized spacial score (nSPS) is 18.6. The van der Waals surface area contributed by atoms with Gasteiger partial charge in [0.1, 0.15) is 0 Å². The van der Waals surface area contributed by atoms with Crippen molar-refractivity contribution in [3.8, 4) is 11.6 Å². The summed E-state index contributed by atoms with van der Waals surface area (Å²) in [7, 11) is 0. The molecule has 1 fully saturated rings. The number of nitrogens with zero attached hydrogens (tertiary/aromatic N) is 5. The Morgan fingerprint density at radius 3 is 2.95 bits per heavy atom. The lowest BCUT2D eigenvalue weighted by molar-refractivity contribution is 0.213. The van der Waals surface area contributed by atoms with E-state index in [4.69, 9.17) is 10.3 Å². The van der Waals surface area contributed by atoms with Crippen LogP contribution < -0.4 is 5.73 Å². The minimum atomic E-state index is -0.234. The summed E-state index contributed by atoms with van der Waals surface area (Å²) in [5.41, 5.74) is 6.65. The second kappa shape index (κ2) is 5.45. The molecule has 0 amide bonds. The quantitative estimate of drug-likeness (QED) is 0.818. The van der Waals surface area contributed by atoms with Crippen LogP contribution in [0.5, 0.6) is 0 Å². The van der Waals surface area contributed by atoms with E-state index in [1.165, 1.54) is 25.5 Å². The smallest absolute Gasteiger partial charge is 0.280 e. The van der Waals surface area contributed by atoms with Crippen molar-refractivity contribution < 1.29 is 4.52 Å². The molecule has 0 aliphatic carbocycles. The summed E-state index contributed by atoms with van der Waals surface area (Å²) in [6.45, 7) is 2.96. The molecule has 0 saturated carbocycles. The van der Waals surface area contributed by atoms with Gasteiger partial charge in [0.15, 0.2) is 11.5 Å². The Kier molecular flexibility index (Phi) is 3.51. The molecule has 19 heavy (non-hydrogen) atoms. The van der Waals surface area contributed by atoms with E-state index in [-0.39, 0.29) is 6.04 Å². The lowest BCUT2D eigenvalue weighted by Crippen LogP contribution is -2.36. The van der Waals surface area contributed by atoms with Crippen LogP contribution in [0.1, 0.15) is 31.1 Å². The first kappa shape index (κ1) is 12.2. The zero-order chi connectivity index (χ0) is 13.1. The van der Waals surface area contributed by atoms with Crippen molar-refractivity contribution in [2.75, 3.05) is 19.6 Å². The molecule has 8 nitrogen and oxygen atoms in total. The van der Waals surface area contributed by atoms with Crippen LogP contribution in [0.4, 0.5) is 0 Å². The Balaban J connectivity index is 1.65. The number of rotatable bonds is 4. The van der Waals surface area contributed by atoms with Crippen LogP contribution in [0.2, 0.25) is 0 Å². The maximum Gasteiger partial charge on any atom is 0.280 e. The van der Waals surface area contributed by atoms with E-state index in [2.05, 4.69) is 30.5 Å². The lowest BCUT2D eigenvalue weighted by atomic mass is 10.1. The van der Waals surface area contributed by atoms with E-state index in [1.807, 2.05) is 0 Å². The van der Waals surface area contributed by atoms with Crippen LogP contribution >= 0.6 is 0 Å². The van der Waals surface area contributed by atoms with Crippen LogP contribution in [0, 0.1) is 0 Å². The molecule has 0 bridgehead atoms. The summed E-state index contributed by atoms with van der Waals surface area (Å²) in [5, 5.41) is 14.0. The summed E-state index contributed by atoms with van der Waals surface area (Å²) in [4.78, 5) is 6.61. The molecule has 2 aromatic heterocycles.